The Morgan fingerprint density at radius 1 is 1.19 bits per heavy atom. The van der Waals surface area contributed by atoms with E-state index in [1.807, 2.05) is 0 Å². The van der Waals surface area contributed by atoms with E-state index in [0.717, 1.165) is 17.9 Å². The van der Waals surface area contributed by atoms with Gasteiger partial charge in [0, 0.05) is 31.2 Å². The lowest BCUT2D eigenvalue weighted by atomic mass is 10.1. The first-order chi connectivity index (χ1) is 10.2. The Morgan fingerprint density at radius 3 is 2.57 bits per heavy atom. The van der Waals surface area contributed by atoms with Crippen molar-refractivity contribution < 1.29 is 4.39 Å². The van der Waals surface area contributed by atoms with Gasteiger partial charge in [-0.2, -0.15) is 0 Å². The molecular formula is C17H26FN3. The van der Waals surface area contributed by atoms with Crippen LogP contribution in [0.25, 0.3) is 0 Å². The second-order valence-electron chi connectivity index (χ2n) is 6.55. The number of aromatic nitrogens is 1. The van der Waals surface area contributed by atoms with E-state index in [-0.39, 0.29) is 5.82 Å². The molecule has 116 valence electrons. The van der Waals surface area contributed by atoms with Crippen LogP contribution in [0.5, 0.6) is 0 Å². The van der Waals surface area contributed by atoms with E-state index in [2.05, 4.69) is 22.2 Å². The van der Waals surface area contributed by atoms with Gasteiger partial charge in [-0.1, -0.05) is 25.7 Å². The van der Waals surface area contributed by atoms with Gasteiger partial charge >= 0.3 is 0 Å². The van der Waals surface area contributed by atoms with Gasteiger partial charge < -0.3 is 10.2 Å². The lowest BCUT2D eigenvalue weighted by Crippen LogP contribution is -2.33. The average Bonchev–Trinajstić information content (AvgIpc) is 3.31. The summed E-state index contributed by atoms with van der Waals surface area (Å²) >= 11 is 0. The molecule has 0 spiro atoms. The molecular weight excluding hydrogens is 265 g/mol. The fourth-order valence-corrected chi connectivity index (χ4v) is 3.28. The van der Waals surface area contributed by atoms with Crippen molar-refractivity contribution in [1.82, 2.24) is 10.3 Å². The lowest BCUT2D eigenvalue weighted by Gasteiger charge is -2.30. The van der Waals surface area contributed by atoms with Crippen LogP contribution < -0.4 is 10.2 Å². The van der Waals surface area contributed by atoms with E-state index in [1.54, 1.807) is 6.07 Å². The number of hydrogen-bond donors (Lipinski definition) is 1. The molecule has 2 fully saturated rings. The van der Waals surface area contributed by atoms with Gasteiger partial charge in [0.25, 0.3) is 0 Å². The molecule has 3 nitrogen and oxygen atoms in total. The van der Waals surface area contributed by atoms with E-state index >= 15 is 0 Å². The highest BCUT2D eigenvalue weighted by Gasteiger charge is 2.23. The quantitative estimate of drug-likeness (QED) is 0.840. The zero-order valence-electron chi connectivity index (χ0n) is 12.9. The highest BCUT2D eigenvalue weighted by molar-refractivity contribution is 5.47. The third-order valence-corrected chi connectivity index (χ3v) is 4.77. The molecule has 0 aromatic carbocycles. The Hall–Kier alpha value is -1.16. The largest absolute Gasteiger partial charge is 0.356 e. The number of hydrogen-bond acceptors (Lipinski definition) is 3. The highest BCUT2D eigenvalue weighted by atomic mass is 19.1. The summed E-state index contributed by atoms with van der Waals surface area (Å²) in [5.41, 5.74) is 0.994. The maximum absolute atomic E-state index is 13.5. The smallest absolute Gasteiger partial charge is 0.141 e. The van der Waals surface area contributed by atoms with Crippen LogP contribution in [0.15, 0.2) is 12.3 Å². The Morgan fingerprint density at radius 2 is 1.90 bits per heavy atom. The Balaban J connectivity index is 1.74. The van der Waals surface area contributed by atoms with Crippen molar-refractivity contribution in [3.63, 3.8) is 0 Å². The summed E-state index contributed by atoms with van der Waals surface area (Å²) in [6.07, 6.45) is 11.6. The molecule has 0 amide bonds. The molecule has 3 rings (SSSR count). The van der Waals surface area contributed by atoms with E-state index in [0.29, 0.717) is 12.1 Å². The second-order valence-corrected chi connectivity index (χ2v) is 6.55. The molecule has 1 aromatic heterocycles. The van der Waals surface area contributed by atoms with Crippen molar-refractivity contribution in [2.45, 2.75) is 70.0 Å². The maximum Gasteiger partial charge on any atom is 0.141 e. The fourth-order valence-electron chi connectivity index (χ4n) is 3.28. The van der Waals surface area contributed by atoms with Gasteiger partial charge in [-0.25, -0.2) is 9.37 Å². The molecule has 0 atom stereocenters. The third-order valence-electron chi connectivity index (χ3n) is 4.77. The number of halogens is 1. The summed E-state index contributed by atoms with van der Waals surface area (Å²) in [6.45, 7) is 0.724. The topological polar surface area (TPSA) is 28.2 Å². The van der Waals surface area contributed by atoms with Crippen LogP contribution in [0.4, 0.5) is 10.2 Å². The molecule has 0 bridgehead atoms. The molecule has 0 radical (unpaired) electrons. The Bertz CT molecular complexity index is 465. The molecule has 0 unspecified atom stereocenters. The number of nitrogens with one attached hydrogen (secondary N) is 1. The molecule has 4 heteroatoms. The van der Waals surface area contributed by atoms with E-state index in [9.17, 15) is 4.39 Å². The molecule has 21 heavy (non-hydrogen) atoms. The summed E-state index contributed by atoms with van der Waals surface area (Å²) in [7, 11) is 2.12. The fraction of sp³-hybridized carbons (Fsp3) is 0.706. The van der Waals surface area contributed by atoms with E-state index in [1.165, 1.54) is 57.6 Å². The average molecular weight is 291 g/mol. The number of anilines is 1. The second kappa shape index (κ2) is 6.73. The van der Waals surface area contributed by atoms with Gasteiger partial charge in [0.2, 0.25) is 0 Å². The first kappa shape index (κ1) is 14.8. The highest BCUT2D eigenvalue weighted by Crippen LogP contribution is 2.27. The number of nitrogens with zero attached hydrogens (tertiary/aromatic N) is 2. The van der Waals surface area contributed by atoms with Gasteiger partial charge in [0.15, 0.2) is 0 Å². The van der Waals surface area contributed by atoms with Gasteiger partial charge in [-0.05, 0) is 31.7 Å². The molecule has 1 N–H and O–H groups in total. The van der Waals surface area contributed by atoms with Crippen molar-refractivity contribution in [3.8, 4) is 0 Å². The van der Waals surface area contributed by atoms with Crippen molar-refractivity contribution in [1.29, 1.82) is 0 Å². The normalized spacial score (nSPS) is 20.3. The molecule has 0 saturated heterocycles. The lowest BCUT2D eigenvalue weighted by molar-refractivity contribution is 0.543. The Labute approximate surface area is 126 Å². The monoisotopic (exact) mass is 291 g/mol. The van der Waals surface area contributed by atoms with Gasteiger partial charge in [-0.3, -0.25) is 0 Å². The molecule has 2 aliphatic carbocycles. The van der Waals surface area contributed by atoms with Crippen LogP contribution >= 0.6 is 0 Å². The van der Waals surface area contributed by atoms with Crippen LogP contribution in [0, 0.1) is 5.82 Å². The zero-order chi connectivity index (χ0) is 14.7. The molecule has 2 saturated carbocycles. The van der Waals surface area contributed by atoms with Crippen molar-refractivity contribution >= 4 is 5.82 Å². The predicted octanol–water partition coefficient (Wildman–Crippen LogP) is 3.63. The van der Waals surface area contributed by atoms with Gasteiger partial charge in [0.1, 0.15) is 11.6 Å². The summed E-state index contributed by atoms with van der Waals surface area (Å²) in [5, 5.41) is 3.48. The van der Waals surface area contributed by atoms with Crippen LogP contribution in [-0.2, 0) is 6.54 Å². The molecule has 0 aliphatic heterocycles. The summed E-state index contributed by atoms with van der Waals surface area (Å²) in [5.74, 6) is 0.720. The van der Waals surface area contributed by atoms with Crippen molar-refractivity contribution in [3.05, 3.63) is 23.6 Å². The predicted molar refractivity (Wildman–Crippen MR) is 83.9 cm³/mol. The van der Waals surface area contributed by atoms with Crippen LogP contribution in [0.1, 0.15) is 56.9 Å². The minimum Gasteiger partial charge on any atom is -0.356 e. The minimum atomic E-state index is -0.236. The maximum atomic E-state index is 13.5. The van der Waals surface area contributed by atoms with Crippen LogP contribution in [0.3, 0.4) is 0 Å². The third kappa shape index (κ3) is 3.94. The Kier molecular flexibility index (Phi) is 4.73. The van der Waals surface area contributed by atoms with Crippen LogP contribution in [0.2, 0.25) is 0 Å². The standard InChI is InChI=1S/C17H26FN3/c1-21(16-6-4-2-3-5-7-16)17-13(10-14(18)12-20-17)11-19-15-8-9-15/h10,12,15-16,19H,2-9,11H2,1H3. The minimum absolute atomic E-state index is 0.236. The zero-order valence-corrected chi connectivity index (χ0v) is 12.9. The van der Waals surface area contributed by atoms with E-state index < -0.39 is 0 Å². The number of rotatable bonds is 5. The summed E-state index contributed by atoms with van der Waals surface area (Å²) < 4.78 is 13.5. The summed E-state index contributed by atoms with van der Waals surface area (Å²) in [6, 6.07) is 2.82. The van der Waals surface area contributed by atoms with Crippen molar-refractivity contribution in [2.75, 3.05) is 11.9 Å². The van der Waals surface area contributed by atoms with E-state index in [4.69, 9.17) is 0 Å². The SMILES string of the molecule is CN(c1ncc(F)cc1CNC1CC1)C1CCCCCC1. The summed E-state index contributed by atoms with van der Waals surface area (Å²) in [4.78, 5) is 6.68. The first-order valence-electron chi connectivity index (χ1n) is 8.34. The number of pyridine rings is 1. The molecule has 1 heterocycles. The van der Waals surface area contributed by atoms with Crippen LogP contribution in [-0.4, -0.2) is 24.1 Å². The first-order valence-corrected chi connectivity index (χ1v) is 8.34. The van der Waals surface area contributed by atoms with Crippen molar-refractivity contribution in [2.24, 2.45) is 0 Å². The van der Waals surface area contributed by atoms with Gasteiger partial charge in [-0.15, -0.1) is 0 Å². The van der Waals surface area contributed by atoms with Gasteiger partial charge in [0.05, 0.1) is 6.20 Å². The molecule has 1 aromatic rings. The molecule has 2 aliphatic rings.